The van der Waals surface area contributed by atoms with Crippen LogP contribution < -0.4 is 10.7 Å². The third kappa shape index (κ3) is 4.68. The number of H-pyrrole nitrogens is 1. The Morgan fingerprint density at radius 1 is 1.38 bits per heavy atom. The first-order chi connectivity index (χ1) is 11.8. The van der Waals surface area contributed by atoms with Crippen molar-refractivity contribution in [3.05, 3.63) is 48.6 Å². The number of thioether (sulfide) groups is 1. The highest BCUT2D eigenvalue weighted by molar-refractivity contribution is 7.99. The number of furan rings is 1. The number of nitrogens with zero attached hydrogens (tertiary/aromatic N) is 4. The van der Waals surface area contributed by atoms with E-state index < -0.39 is 0 Å². The van der Waals surface area contributed by atoms with Gasteiger partial charge < -0.3 is 9.73 Å². The van der Waals surface area contributed by atoms with E-state index in [4.69, 9.17) is 4.42 Å². The first-order valence-electron chi connectivity index (χ1n) is 6.88. The van der Waals surface area contributed by atoms with Crippen LogP contribution in [0.2, 0.25) is 0 Å². The number of hydrazone groups is 1. The fourth-order valence-corrected chi connectivity index (χ4v) is 2.23. The van der Waals surface area contributed by atoms with E-state index in [0.717, 1.165) is 0 Å². The standard InChI is InChI=1S/C14H13N7O2S/c22-12(17-11-5-1-2-6-15-11)9-24-14-18-13(20-21-14)19-16-8-10-4-3-7-23-10/h1-8H,9H2,(H,15,17,22)(H2,18,19,20,21)/b16-8-. The van der Waals surface area contributed by atoms with Gasteiger partial charge in [0.15, 0.2) is 0 Å². The van der Waals surface area contributed by atoms with E-state index in [2.05, 4.69) is 36.0 Å². The van der Waals surface area contributed by atoms with E-state index in [1.807, 2.05) is 0 Å². The van der Waals surface area contributed by atoms with Crippen LogP contribution in [0.25, 0.3) is 0 Å². The Kier molecular flexibility index (Phi) is 5.20. The zero-order valence-corrected chi connectivity index (χ0v) is 13.2. The molecule has 0 bridgehead atoms. The summed E-state index contributed by atoms with van der Waals surface area (Å²) in [5.41, 5.74) is 2.69. The smallest absolute Gasteiger partial charge is 0.240 e. The zero-order chi connectivity index (χ0) is 16.6. The minimum Gasteiger partial charge on any atom is -0.463 e. The van der Waals surface area contributed by atoms with Gasteiger partial charge >= 0.3 is 0 Å². The summed E-state index contributed by atoms with van der Waals surface area (Å²) in [5.74, 6) is 1.47. The molecular weight excluding hydrogens is 330 g/mol. The molecule has 0 spiro atoms. The van der Waals surface area contributed by atoms with Gasteiger partial charge in [0.1, 0.15) is 11.6 Å². The Morgan fingerprint density at radius 2 is 2.33 bits per heavy atom. The molecule has 0 fully saturated rings. The number of anilines is 2. The molecule has 0 saturated carbocycles. The molecule has 1 amide bonds. The largest absolute Gasteiger partial charge is 0.463 e. The van der Waals surface area contributed by atoms with E-state index in [1.54, 1.807) is 42.8 Å². The van der Waals surface area contributed by atoms with Crippen molar-refractivity contribution in [1.82, 2.24) is 20.2 Å². The van der Waals surface area contributed by atoms with Gasteiger partial charge in [0, 0.05) is 6.20 Å². The molecule has 3 N–H and O–H groups in total. The van der Waals surface area contributed by atoms with Crippen molar-refractivity contribution in [3.8, 4) is 0 Å². The van der Waals surface area contributed by atoms with Crippen molar-refractivity contribution in [2.75, 3.05) is 16.5 Å². The van der Waals surface area contributed by atoms with Crippen LogP contribution >= 0.6 is 11.8 Å². The summed E-state index contributed by atoms with van der Waals surface area (Å²) in [5, 5.41) is 13.7. The molecule has 24 heavy (non-hydrogen) atoms. The molecular formula is C14H13N7O2S. The lowest BCUT2D eigenvalue weighted by Gasteiger charge is -2.01. The van der Waals surface area contributed by atoms with E-state index >= 15 is 0 Å². The number of rotatable bonds is 7. The number of carbonyl (C=O) groups is 1. The summed E-state index contributed by atoms with van der Waals surface area (Å²) in [6.45, 7) is 0. The molecule has 9 nitrogen and oxygen atoms in total. The van der Waals surface area contributed by atoms with Crippen LogP contribution in [-0.4, -0.2) is 38.0 Å². The second kappa shape index (κ2) is 7.92. The van der Waals surface area contributed by atoms with Gasteiger partial charge in [0.2, 0.25) is 17.0 Å². The van der Waals surface area contributed by atoms with E-state index in [1.165, 1.54) is 18.0 Å². The van der Waals surface area contributed by atoms with Crippen molar-refractivity contribution in [2.24, 2.45) is 5.10 Å². The van der Waals surface area contributed by atoms with Crippen molar-refractivity contribution in [3.63, 3.8) is 0 Å². The predicted molar refractivity (Wildman–Crippen MR) is 89.9 cm³/mol. The van der Waals surface area contributed by atoms with E-state index in [9.17, 15) is 4.79 Å². The molecule has 0 radical (unpaired) electrons. The normalized spacial score (nSPS) is 10.8. The summed E-state index contributed by atoms with van der Waals surface area (Å²) in [4.78, 5) is 20.0. The summed E-state index contributed by atoms with van der Waals surface area (Å²) in [6, 6.07) is 8.83. The van der Waals surface area contributed by atoms with Gasteiger partial charge in [-0.3, -0.25) is 4.79 Å². The number of hydrogen-bond acceptors (Lipinski definition) is 8. The Bertz CT molecular complexity index is 802. The second-order valence-electron chi connectivity index (χ2n) is 4.40. The molecule has 0 aliphatic heterocycles. The highest BCUT2D eigenvalue weighted by atomic mass is 32.2. The number of pyridine rings is 1. The van der Waals surface area contributed by atoms with E-state index in [-0.39, 0.29) is 11.7 Å². The number of nitrogens with one attached hydrogen (secondary N) is 3. The third-order valence-electron chi connectivity index (χ3n) is 2.64. The van der Waals surface area contributed by atoms with Gasteiger partial charge in [-0.2, -0.15) is 10.1 Å². The van der Waals surface area contributed by atoms with Gasteiger partial charge in [0.25, 0.3) is 0 Å². The predicted octanol–water partition coefficient (Wildman–Crippen LogP) is 1.97. The van der Waals surface area contributed by atoms with Crippen LogP contribution in [0.1, 0.15) is 5.76 Å². The van der Waals surface area contributed by atoms with Gasteiger partial charge in [0.05, 0.1) is 18.2 Å². The lowest BCUT2D eigenvalue weighted by atomic mass is 10.4. The summed E-state index contributed by atoms with van der Waals surface area (Å²) in [6.07, 6.45) is 4.68. The first kappa shape index (κ1) is 15.7. The van der Waals surface area contributed by atoms with Crippen LogP contribution in [0.3, 0.4) is 0 Å². The van der Waals surface area contributed by atoms with Crippen LogP contribution in [-0.2, 0) is 4.79 Å². The Labute approximate surface area is 141 Å². The highest BCUT2D eigenvalue weighted by Crippen LogP contribution is 2.14. The molecule has 3 aromatic heterocycles. The van der Waals surface area contributed by atoms with Crippen LogP contribution in [0.15, 0.2) is 57.5 Å². The fourth-order valence-electron chi connectivity index (χ4n) is 1.63. The van der Waals surface area contributed by atoms with Gasteiger partial charge in [-0.25, -0.2) is 15.5 Å². The second-order valence-corrected chi connectivity index (χ2v) is 5.35. The molecule has 0 aliphatic carbocycles. The van der Waals surface area contributed by atoms with Crippen molar-refractivity contribution in [1.29, 1.82) is 0 Å². The fraction of sp³-hybridized carbons (Fsp3) is 0.0714. The molecule has 10 heteroatoms. The maximum atomic E-state index is 11.8. The minimum atomic E-state index is -0.186. The summed E-state index contributed by atoms with van der Waals surface area (Å²) < 4.78 is 5.10. The molecule has 3 aromatic rings. The molecule has 122 valence electrons. The minimum absolute atomic E-state index is 0.170. The maximum absolute atomic E-state index is 11.8. The molecule has 0 aromatic carbocycles. The first-order valence-corrected chi connectivity index (χ1v) is 7.87. The van der Waals surface area contributed by atoms with Gasteiger partial charge in [-0.05, 0) is 24.3 Å². The highest BCUT2D eigenvalue weighted by Gasteiger charge is 2.08. The van der Waals surface area contributed by atoms with Crippen molar-refractivity contribution in [2.45, 2.75) is 5.16 Å². The molecule has 0 unspecified atom stereocenters. The quantitative estimate of drug-likeness (QED) is 0.340. The third-order valence-corrected chi connectivity index (χ3v) is 3.48. The molecule has 3 heterocycles. The number of hydrogen-bond donors (Lipinski definition) is 3. The molecule has 3 rings (SSSR count). The number of carbonyl (C=O) groups excluding carboxylic acids is 1. The zero-order valence-electron chi connectivity index (χ0n) is 12.3. The van der Waals surface area contributed by atoms with Crippen molar-refractivity contribution < 1.29 is 9.21 Å². The van der Waals surface area contributed by atoms with Crippen LogP contribution in [0.4, 0.5) is 11.8 Å². The van der Waals surface area contributed by atoms with Gasteiger partial charge in [-0.1, -0.05) is 17.8 Å². The number of aromatic amines is 1. The average Bonchev–Trinajstić information content (AvgIpc) is 3.26. The lowest BCUT2D eigenvalue weighted by molar-refractivity contribution is -0.113. The molecule has 0 aliphatic rings. The van der Waals surface area contributed by atoms with Crippen LogP contribution in [0.5, 0.6) is 0 Å². The van der Waals surface area contributed by atoms with E-state index in [0.29, 0.717) is 22.7 Å². The number of amides is 1. The topological polar surface area (TPSA) is 121 Å². The maximum Gasteiger partial charge on any atom is 0.240 e. The molecule has 0 saturated heterocycles. The number of aromatic nitrogens is 4. The molecule has 0 atom stereocenters. The van der Waals surface area contributed by atoms with Gasteiger partial charge in [-0.15, -0.1) is 5.10 Å². The Morgan fingerprint density at radius 3 is 3.12 bits per heavy atom. The summed E-state index contributed by atoms with van der Waals surface area (Å²) >= 11 is 1.20. The SMILES string of the molecule is O=C(CSc1n[nH]c(N/N=C\c2ccco2)n1)Nc1ccccn1. The van der Waals surface area contributed by atoms with Crippen LogP contribution in [0, 0.1) is 0 Å². The average molecular weight is 343 g/mol. The monoisotopic (exact) mass is 343 g/mol. The Hall–Kier alpha value is -3.14. The lowest BCUT2D eigenvalue weighted by Crippen LogP contribution is -2.14. The van der Waals surface area contributed by atoms with Crippen molar-refractivity contribution >= 4 is 35.6 Å². The Balaban J connectivity index is 1.45. The summed E-state index contributed by atoms with van der Waals surface area (Å²) in [7, 11) is 0.